The van der Waals surface area contributed by atoms with Crippen molar-refractivity contribution in [3.05, 3.63) is 51.3 Å². The van der Waals surface area contributed by atoms with E-state index in [1.165, 1.54) is 18.2 Å². The lowest BCUT2D eigenvalue weighted by Gasteiger charge is -2.02. The number of carbonyl (C=O) groups excluding carboxylic acids is 1. The number of amides is 1. The molecule has 0 saturated carbocycles. The molecule has 0 aliphatic rings. The smallest absolute Gasteiger partial charge is 0.292 e. The standard InChI is InChI=1S/C13H11N9O4/c1-7-10(21(20-16-7)12-11(14)18-26-19-12)13(23)17-15-6-8-4-2-3-5-9(8)22(24)25/h2-6H,1H3,(H2,14,18)(H,17,23)/b15-6+. The molecule has 1 aromatic carbocycles. The number of hydrogen-bond acceptors (Lipinski definition) is 10. The highest BCUT2D eigenvalue weighted by molar-refractivity contribution is 5.95. The average Bonchev–Trinajstić information content (AvgIpc) is 3.20. The summed E-state index contributed by atoms with van der Waals surface area (Å²) in [6, 6.07) is 5.96. The number of aromatic nitrogens is 5. The number of benzene rings is 1. The number of nitrogens with one attached hydrogen (secondary N) is 1. The minimum absolute atomic E-state index is 0.00146. The van der Waals surface area contributed by atoms with Crippen LogP contribution in [0.3, 0.4) is 0 Å². The Bertz CT molecular complexity index is 1010. The van der Waals surface area contributed by atoms with Crippen molar-refractivity contribution >= 4 is 23.6 Å². The lowest BCUT2D eigenvalue weighted by Crippen LogP contribution is -2.23. The van der Waals surface area contributed by atoms with Gasteiger partial charge in [-0.1, -0.05) is 17.3 Å². The van der Waals surface area contributed by atoms with Crippen LogP contribution in [0.5, 0.6) is 0 Å². The zero-order chi connectivity index (χ0) is 18.7. The maximum absolute atomic E-state index is 12.4. The quantitative estimate of drug-likeness (QED) is 0.366. The number of hydrazone groups is 1. The summed E-state index contributed by atoms with van der Waals surface area (Å²) in [6.07, 6.45) is 1.16. The van der Waals surface area contributed by atoms with Crippen LogP contribution in [-0.2, 0) is 0 Å². The fraction of sp³-hybridized carbons (Fsp3) is 0.0769. The lowest BCUT2D eigenvalue weighted by molar-refractivity contribution is -0.385. The number of rotatable bonds is 5. The van der Waals surface area contributed by atoms with Crippen LogP contribution in [0.4, 0.5) is 11.5 Å². The van der Waals surface area contributed by atoms with Gasteiger partial charge in [0.15, 0.2) is 5.69 Å². The third-order valence-corrected chi connectivity index (χ3v) is 3.25. The third kappa shape index (κ3) is 3.08. The normalized spacial score (nSPS) is 11.0. The summed E-state index contributed by atoms with van der Waals surface area (Å²) < 4.78 is 5.53. The molecule has 26 heavy (non-hydrogen) atoms. The Hall–Kier alpha value is -4.16. The average molecular weight is 357 g/mol. The summed E-state index contributed by atoms with van der Waals surface area (Å²) in [4.78, 5) is 22.8. The number of nitro benzene ring substituents is 1. The largest absolute Gasteiger partial charge is 0.378 e. The fourth-order valence-electron chi connectivity index (χ4n) is 2.08. The summed E-state index contributed by atoms with van der Waals surface area (Å²) in [5.41, 5.74) is 8.21. The summed E-state index contributed by atoms with van der Waals surface area (Å²) in [5.74, 6) is -0.754. The van der Waals surface area contributed by atoms with Gasteiger partial charge in [0.25, 0.3) is 11.6 Å². The van der Waals surface area contributed by atoms with Gasteiger partial charge in [0, 0.05) is 6.07 Å². The molecule has 0 fully saturated rings. The Balaban J connectivity index is 1.83. The third-order valence-electron chi connectivity index (χ3n) is 3.25. The first kappa shape index (κ1) is 16.7. The van der Waals surface area contributed by atoms with E-state index < -0.39 is 10.8 Å². The molecule has 3 rings (SSSR count). The van der Waals surface area contributed by atoms with Gasteiger partial charge in [-0.15, -0.1) is 5.10 Å². The van der Waals surface area contributed by atoms with E-state index >= 15 is 0 Å². The van der Waals surface area contributed by atoms with Crippen LogP contribution in [0.2, 0.25) is 0 Å². The fourth-order valence-corrected chi connectivity index (χ4v) is 2.08. The molecule has 0 spiro atoms. The maximum atomic E-state index is 12.4. The van der Waals surface area contributed by atoms with Gasteiger partial charge in [-0.05, 0) is 23.3 Å². The molecule has 0 bridgehead atoms. The van der Waals surface area contributed by atoms with Crippen molar-refractivity contribution in [2.75, 3.05) is 5.73 Å². The van der Waals surface area contributed by atoms with Crippen LogP contribution in [0.25, 0.3) is 5.82 Å². The van der Waals surface area contributed by atoms with Crippen LogP contribution in [0.15, 0.2) is 34.0 Å². The van der Waals surface area contributed by atoms with Crippen molar-refractivity contribution in [1.82, 2.24) is 30.7 Å². The van der Waals surface area contributed by atoms with Crippen LogP contribution in [0.1, 0.15) is 21.7 Å². The molecule has 0 unspecified atom stereocenters. The predicted molar refractivity (Wildman–Crippen MR) is 86.5 cm³/mol. The number of nitrogens with two attached hydrogens (primary N) is 1. The zero-order valence-electron chi connectivity index (χ0n) is 13.2. The van der Waals surface area contributed by atoms with E-state index in [0.29, 0.717) is 0 Å². The molecule has 13 heteroatoms. The van der Waals surface area contributed by atoms with Crippen molar-refractivity contribution in [2.24, 2.45) is 5.10 Å². The first-order chi connectivity index (χ1) is 12.5. The molecule has 3 N–H and O–H groups in total. The number of nitro groups is 1. The van der Waals surface area contributed by atoms with Gasteiger partial charge in [-0.25, -0.2) is 10.1 Å². The van der Waals surface area contributed by atoms with Gasteiger partial charge < -0.3 is 5.73 Å². The highest BCUT2D eigenvalue weighted by Gasteiger charge is 2.22. The molecule has 1 amide bonds. The molecule has 0 saturated heterocycles. The van der Waals surface area contributed by atoms with E-state index in [2.05, 4.69) is 35.8 Å². The predicted octanol–water partition coefficient (Wildman–Crippen LogP) is 0.213. The molecule has 0 aliphatic heterocycles. The summed E-state index contributed by atoms with van der Waals surface area (Å²) >= 11 is 0. The number of para-hydroxylation sites is 1. The topological polar surface area (TPSA) is 180 Å². The number of aryl methyl sites for hydroxylation is 1. The molecule has 0 aliphatic carbocycles. The van der Waals surface area contributed by atoms with Crippen molar-refractivity contribution < 1.29 is 14.3 Å². The van der Waals surface area contributed by atoms with E-state index in [-0.39, 0.29) is 34.3 Å². The number of nitrogen functional groups attached to an aromatic ring is 1. The Labute approximate surface area is 144 Å². The number of hydrogen-bond donors (Lipinski definition) is 2. The van der Waals surface area contributed by atoms with Gasteiger partial charge in [0.2, 0.25) is 11.6 Å². The monoisotopic (exact) mass is 357 g/mol. The van der Waals surface area contributed by atoms with Crippen molar-refractivity contribution in [3.8, 4) is 5.82 Å². The molecule has 13 nitrogen and oxygen atoms in total. The molecule has 2 aromatic heterocycles. The van der Waals surface area contributed by atoms with E-state index in [4.69, 9.17) is 5.73 Å². The Morgan fingerprint density at radius 2 is 2.19 bits per heavy atom. The van der Waals surface area contributed by atoms with Crippen molar-refractivity contribution in [1.29, 1.82) is 0 Å². The first-order valence-corrected chi connectivity index (χ1v) is 7.06. The SMILES string of the molecule is Cc1nnn(-c2nonc2N)c1C(=O)N/N=C/c1ccccc1[N+](=O)[O-]. The molecule has 3 aromatic rings. The Kier molecular flexibility index (Phi) is 4.34. The van der Waals surface area contributed by atoms with E-state index in [1.807, 2.05) is 0 Å². The second kappa shape index (κ2) is 6.76. The van der Waals surface area contributed by atoms with E-state index in [1.54, 1.807) is 13.0 Å². The first-order valence-electron chi connectivity index (χ1n) is 7.06. The molecular weight excluding hydrogens is 346 g/mol. The van der Waals surface area contributed by atoms with Gasteiger partial charge >= 0.3 is 0 Å². The maximum Gasteiger partial charge on any atom is 0.292 e. The van der Waals surface area contributed by atoms with Gasteiger partial charge in [-0.2, -0.15) is 9.78 Å². The van der Waals surface area contributed by atoms with Crippen molar-refractivity contribution in [2.45, 2.75) is 6.92 Å². The second-order valence-corrected chi connectivity index (χ2v) is 4.92. The molecule has 2 heterocycles. The highest BCUT2D eigenvalue weighted by Crippen LogP contribution is 2.16. The second-order valence-electron chi connectivity index (χ2n) is 4.92. The van der Waals surface area contributed by atoms with E-state index in [0.717, 1.165) is 10.9 Å². The van der Waals surface area contributed by atoms with Crippen LogP contribution in [-0.4, -0.2) is 42.4 Å². The number of carbonyl (C=O) groups is 1. The Morgan fingerprint density at radius 1 is 1.42 bits per heavy atom. The summed E-state index contributed by atoms with van der Waals surface area (Å²) in [5, 5.41) is 29.2. The lowest BCUT2D eigenvalue weighted by atomic mass is 10.2. The van der Waals surface area contributed by atoms with Gasteiger partial charge in [0.1, 0.15) is 0 Å². The van der Waals surface area contributed by atoms with Crippen LogP contribution in [0, 0.1) is 17.0 Å². The van der Waals surface area contributed by atoms with Crippen LogP contribution < -0.4 is 11.2 Å². The molecular formula is C13H11N9O4. The molecule has 0 atom stereocenters. The van der Waals surface area contributed by atoms with Gasteiger partial charge in [-0.3, -0.25) is 14.9 Å². The van der Waals surface area contributed by atoms with Crippen LogP contribution >= 0.6 is 0 Å². The highest BCUT2D eigenvalue weighted by atomic mass is 16.6. The minimum Gasteiger partial charge on any atom is -0.378 e. The van der Waals surface area contributed by atoms with Gasteiger partial charge in [0.05, 0.1) is 22.4 Å². The van der Waals surface area contributed by atoms with Crippen molar-refractivity contribution in [3.63, 3.8) is 0 Å². The van der Waals surface area contributed by atoms with E-state index in [9.17, 15) is 14.9 Å². The Morgan fingerprint density at radius 3 is 2.88 bits per heavy atom. The zero-order valence-corrected chi connectivity index (χ0v) is 13.2. The molecule has 132 valence electrons. The molecule has 0 radical (unpaired) electrons. The summed E-state index contributed by atoms with van der Waals surface area (Å²) in [7, 11) is 0. The number of nitrogens with zero attached hydrogens (tertiary/aromatic N) is 7. The minimum atomic E-state index is -0.676. The summed E-state index contributed by atoms with van der Waals surface area (Å²) in [6.45, 7) is 1.55. The number of anilines is 1.